The van der Waals surface area contributed by atoms with E-state index in [1.165, 1.54) is 0 Å². The molecule has 1 amide bonds. The fraction of sp³-hybridized carbons (Fsp3) is 0.462. The Morgan fingerprint density at radius 2 is 1.94 bits per heavy atom. The lowest BCUT2D eigenvalue weighted by molar-refractivity contribution is -0.130. The highest BCUT2D eigenvalue weighted by atomic mass is 32.2. The fourth-order valence-corrected chi connectivity index (χ4v) is 2.17. The van der Waals surface area contributed by atoms with Crippen LogP contribution in [0.3, 0.4) is 0 Å². The molecule has 0 aliphatic carbocycles. The fourth-order valence-electron chi connectivity index (χ4n) is 1.65. The highest BCUT2D eigenvalue weighted by Gasteiger charge is 2.16. The molecule has 2 unspecified atom stereocenters. The van der Waals surface area contributed by atoms with Crippen molar-refractivity contribution in [3.05, 3.63) is 29.8 Å². The van der Waals surface area contributed by atoms with Gasteiger partial charge in [-0.15, -0.1) is 0 Å². The highest BCUT2D eigenvalue weighted by Crippen LogP contribution is 2.19. The van der Waals surface area contributed by atoms with Crippen molar-refractivity contribution in [2.24, 2.45) is 0 Å². The Hall–Kier alpha value is -1.20. The molecule has 18 heavy (non-hydrogen) atoms. The maximum absolute atomic E-state index is 11.7. The zero-order valence-electron chi connectivity index (χ0n) is 11.3. The summed E-state index contributed by atoms with van der Waals surface area (Å²) < 4.78 is 11.3. The minimum atomic E-state index is -0.964. The molecule has 1 N–H and O–H groups in total. The van der Waals surface area contributed by atoms with Gasteiger partial charge in [0.1, 0.15) is 0 Å². The third kappa shape index (κ3) is 3.65. The average molecular weight is 268 g/mol. The predicted molar refractivity (Wildman–Crippen MR) is 73.9 cm³/mol. The van der Waals surface area contributed by atoms with Crippen LogP contribution in [0.5, 0.6) is 0 Å². The van der Waals surface area contributed by atoms with Gasteiger partial charge in [-0.3, -0.25) is 9.00 Å². The molecular weight excluding hydrogens is 248 g/mol. The molecule has 2 atom stereocenters. The van der Waals surface area contributed by atoms with Gasteiger partial charge in [0.2, 0.25) is 5.91 Å². The molecule has 1 rings (SSSR count). The molecule has 0 spiro atoms. The van der Waals surface area contributed by atoms with Gasteiger partial charge in [0, 0.05) is 29.0 Å². The van der Waals surface area contributed by atoms with E-state index in [-0.39, 0.29) is 11.9 Å². The maximum Gasteiger partial charge on any atom is 0.236 e. The van der Waals surface area contributed by atoms with E-state index in [2.05, 4.69) is 5.32 Å². The molecule has 1 aromatic carbocycles. The first-order valence-electron chi connectivity index (χ1n) is 5.81. The number of carbonyl (C=O) groups excluding carboxylic acids is 1. The molecule has 1 aromatic rings. The molecule has 0 aliphatic rings. The van der Waals surface area contributed by atoms with E-state index in [0.29, 0.717) is 6.54 Å². The Labute approximate surface area is 111 Å². The zero-order chi connectivity index (χ0) is 13.7. The molecule has 0 fully saturated rings. The number of carbonyl (C=O) groups is 1. The van der Waals surface area contributed by atoms with E-state index in [1.54, 1.807) is 25.3 Å². The first kappa shape index (κ1) is 14.9. The van der Waals surface area contributed by atoms with Crippen LogP contribution in [0.4, 0.5) is 0 Å². The standard InChI is InChI=1S/C13H20N2O2S/c1-10(15(3)13(16)9-14-2)11-5-7-12(8-6-11)18(4)17/h5-8,10,14H,9H2,1-4H3. The Morgan fingerprint density at radius 3 is 2.39 bits per heavy atom. The lowest BCUT2D eigenvalue weighted by atomic mass is 10.1. The molecule has 4 nitrogen and oxygen atoms in total. The van der Waals surface area contributed by atoms with Crippen molar-refractivity contribution >= 4 is 16.7 Å². The molecule has 0 radical (unpaired) electrons. The van der Waals surface area contributed by atoms with Gasteiger partial charge in [0.25, 0.3) is 0 Å². The molecular formula is C13H20N2O2S. The van der Waals surface area contributed by atoms with Crippen LogP contribution in [0.1, 0.15) is 18.5 Å². The van der Waals surface area contributed by atoms with Crippen molar-refractivity contribution in [1.82, 2.24) is 10.2 Å². The monoisotopic (exact) mass is 268 g/mol. The van der Waals surface area contributed by atoms with Crippen molar-refractivity contribution in [3.63, 3.8) is 0 Å². The summed E-state index contributed by atoms with van der Waals surface area (Å²) in [7, 11) is 2.58. The number of rotatable bonds is 5. The molecule has 0 saturated carbocycles. The van der Waals surface area contributed by atoms with Crippen LogP contribution in [-0.4, -0.2) is 41.9 Å². The van der Waals surface area contributed by atoms with E-state index in [9.17, 15) is 9.00 Å². The van der Waals surface area contributed by atoms with E-state index in [4.69, 9.17) is 0 Å². The smallest absolute Gasteiger partial charge is 0.236 e. The number of benzene rings is 1. The van der Waals surface area contributed by atoms with Gasteiger partial charge in [0.15, 0.2) is 0 Å². The van der Waals surface area contributed by atoms with Gasteiger partial charge in [-0.1, -0.05) is 12.1 Å². The number of likely N-dealkylation sites (N-methyl/N-ethyl adjacent to an activating group) is 2. The van der Waals surface area contributed by atoms with E-state index in [1.807, 2.05) is 31.2 Å². The quantitative estimate of drug-likeness (QED) is 0.872. The van der Waals surface area contributed by atoms with Gasteiger partial charge >= 0.3 is 0 Å². The van der Waals surface area contributed by atoms with Crippen molar-refractivity contribution < 1.29 is 9.00 Å². The lowest BCUT2D eigenvalue weighted by Gasteiger charge is -2.25. The van der Waals surface area contributed by atoms with Crippen molar-refractivity contribution in [1.29, 1.82) is 0 Å². The van der Waals surface area contributed by atoms with Gasteiger partial charge < -0.3 is 10.2 Å². The minimum absolute atomic E-state index is 0.00481. The summed E-state index contributed by atoms with van der Waals surface area (Å²) in [4.78, 5) is 14.3. The third-order valence-corrected chi connectivity index (χ3v) is 3.93. The normalized spacial score (nSPS) is 14.0. The number of nitrogens with zero attached hydrogens (tertiary/aromatic N) is 1. The predicted octanol–water partition coefficient (Wildman–Crippen LogP) is 1.16. The summed E-state index contributed by atoms with van der Waals surface area (Å²) >= 11 is 0. The van der Waals surface area contributed by atoms with Crippen molar-refractivity contribution in [2.75, 3.05) is 26.9 Å². The minimum Gasteiger partial charge on any atom is -0.338 e. The molecule has 0 aromatic heterocycles. The summed E-state index contributed by atoms with van der Waals surface area (Å²) in [5, 5.41) is 2.85. The first-order valence-corrected chi connectivity index (χ1v) is 7.36. The van der Waals surface area contributed by atoms with Gasteiger partial charge in [-0.25, -0.2) is 0 Å². The first-order chi connectivity index (χ1) is 8.47. The van der Waals surface area contributed by atoms with Crippen LogP contribution >= 0.6 is 0 Å². The molecule has 0 aliphatic heterocycles. The topological polar surface area (TPSA) is 49.4 Å². The SMILES string of the molecule is CNCC(=O)N(C)C(C)c1ccc(S(C)=O)cc1. The number of hydrogen-bond acceptors (Lipinski definition) is 3. The van der Waals surface area contributed by atoms with E-state index in [0.717, 1.165) is 10.5 Å². The largest absolute Gasteiger partial charge is 0.338 e. The summed E-state index contributed by atoms with van der Waals surface area (Å²) in [5.74, 6) is 0.0492. The Balaban J connectivity index is 2.80. The molecule has 100 valence electrons. The number of nitrogens with one attached hydrogen (secondary N) is 1. The second-order valence-corrected chi connectivity index (χ2v) is 5.61. The number of amides is 1. The highest BCUT2D eigenvalue weighted by molar-refractivity contribution is 7.84. The average Bonchev–Trinajstić information content (AvgIpc) is 2.37. The molecule has 0 bridgehead atoms. The molecule has 5 heteroatoms. The van der Waals surface area contributed by atoms with Gasteiger partial charge in [-0.2, -0.15) is 0 Å². The second kappa shape index (κ2) is 6.66. The molecule has 0 heterocycles. The van der Waals surface area contributed by atoms with Crippen molar-refractivity contribution in [2.45, 2.75) is 17.9 Å². The van der Waals surface area contributed by atoms with E-state index >= 15 is 0 Å². The van der Waals surface area contributed by atoms with E-state index < -0.39 is 10.8 Å². The van der Waals surface area contributed by atoms with Gasteiger partial charge in [0.05, 0.1) is 12.6 Å². The number of hydrogen-bond donors (Lipinski definition) is 1. The van der Waals surface area contributed by atoms with Crippen LogP contribution in [0, 0.1) is 0 Å². The third-order valence-electron chi connectivity index (χ3n) is 3.00. The Kier molecular flexibility index (Phi) is 5.50. The van der Waals surface area contributed by atoms with Crippen LogP contribution < -0.4 is 5.32 Å². The zero-order valence-corrected chi connectivity index (χ0v) is 12.1. The van der Waals surface area contributed by atoms with Gasteiger partial charge in [-0.05, 0) is 31.7 Å². The lowest BCUT2D eigenvalue weighted by Crippen LogP contribution is -2.35. The molecule has 0 saturated heterocycles. The second-order valence-electron chi connectivity index (χ2n) is 4.23. The maximum atomic E-state index is 11.7. The summed E-state index contributed by atoms with van der Waals surface area (Å²) in [6.45, 7) is 2.31. The van der Waals surface area contributed by atoms with Crippen LogP contribution in [0.25, 0.3) is 0 Å². The summed E-state index contributed by atoms with van der Waals surface area (Å²) in [5.41, 5.74) is 1.04. The Morgan fingerprint density at radius 1 is 1.39 bits per heavy atom. The van der Waals surface area contributed by atoms with Crippen LogP contribution in [-0.2, 0) is 15.6 Å². The summed E-state index contributed by atoms with van der Waals surface area (Å²) in [6, 6.07) is 7.54. The Bertz CT molecular complexity index is 431. The van der Waals surface area contributed by atoms with Crippen molar-refractivity contribution in [3.8, 4) is 0 Å². The van der Waals surface area contributed by atoms with Crippen LogP contribution in [0.2, 0.25) is 0 Å². The van der Waals surface area contributed by atoms with Crippen LogP contribution in [0.15, 0.2) is 29.2 Å². The summed E-state index contributed by atoms with van der Waals surface area (Å²) in [6.07, 6.45) is 1.65.